The van der Waals surface area contributed by atoms with E-state index in [1.807, 2.05) is 5.38 Å². The number of nitrogens with zero attached hydrogens (tertiary/aromatic N) is 2. The number of aromatic nitrogens is 1. The van der Waals surface area contributed by atoms with E-state index < -0.39 is 10.0 Å². The van der Waals surface area contributed by atoms with Gasteiger partial charge in [0.1, 0.15) is 0 Å². The molecule has 0 aliphatic rings. The summed E-state index contributed by atoms with van der Waals surface area (Å²) in [5.74, 6) is 0.125. The summed E-state index contributed by atoms with van der Waals surface area (Å²) in [5, 5.41) is 2.91. The normalized spacial score (nSPS) is 11.7. The van der Waals surface area contributed by atoms with E-state index in [1.54, 1.807) is 26.2 Å². The Labute approximate surface area is 153 Å². The van der Waals surface area contributed by atoms with Gasteiger partial charge in [0.2, 0.25) is 10.0 Å². The molecule has 0 saturated carbocycles. The molecule has 6 nitrogen and oxygen atoms in total. The number of nitrogens with one attached hydrogen (secondary N) is 1. The van der Waals surface area contributed by atoms with Gasteiger partial charge in [0.15, 0.2) is 0 Å². The van der Waals surface area contributed by atoms with Gasteiger partial charge in [-0.25, -0.2) is 18.1 Å². The van der Waals surface area contributed by atoms with Crippen molar-refractivity contribution in [2.75, 3.05) is 20.6 Å². The van der Waals surface area contributed by atoms with E-state index in [1.165, 1.54) is 28.4 Å². The fourth-order valence-corrected chi connectivity index (χ4v) is 4.17. The van der Waals surface area contributed by atoms with Crippen molar-refractivity contribution in [2.24, 2.45) is 0 Å². The van der Waals surface area contributed by atoms with Crippen molar-refractivity contribution in [1.82, 2.24) is 14.6 Å². The standard InChI is InChI=1S/C17H23N3O3S2/c1-12(2)15-11-24-16(19-15)8-9-18-25(22,23)14-7-5-6-13(10-14)17(21)20(3)4/h5-7,10-12,18H,8-9H2,1-4H3. The summed E-state index contributed by atoms with van der Waals surface area (Å²) in [6, 6.07) is 6.05. The molecule has 0 spiro atoms. The Kier molecular flexibility index (Phi) is 6.31. The van der Waals surface area contributed by atoms with Crippen molar-refractivity contribution < 1.29 is 13.2 Å². The molecule has 1 heterocycles. The fourth-order valence-electron chi connectivity index (χ4n) is 2.14. The topological polar surface area (TPSA) is 79.4 Å². The minimum atomic E-state index is -3.67. The molecule has 0 fully saturated rings. The highest BCUT2D eigenvalue weighted by Gasteiger charge is 2.17. The van der Waals surface area contributed by atoms with Gasteiger partial charge in [-0.3, -0.25) is 4.79 Å². The predicted molar refractivity (Wildman–Crippen MR) is 99.6 cm³/mol. The first-order valence-corrected chi connectivity index (χ1v) is 10.3. The average Bonchev–Trinajstić information content (AvgIpc) is 3.03. The first-order chi connectivity index (χ1) is 11.7. The third kappa shape index (κ3) is 5.10. The first-order valence-electron chi connectivity index (χ1n) is 7.96. The van der Waals surface area contributed by atoms with Gasteiger partial charge < -0.3 is 4.90 Å². The molecule has 136 valence electrons. The second-order valence-corrected chi connectivity index (χ2v) is 8.91. The van der Waals surface area contributed by atoms with E-state index in [4.69, 9.17) is 0 Å². The highest BCUT2D eigenvalue weighted by Crippen LogP contribution is 2.18. The molecule has 0 aliphatic heterocycles. The first kappa shape index (κ1) is 19.6. The van der Waals surface area contributed by atoms with Crippen LogP contribution < -0.4 is 4.72 Å². The van der Waals surface area contributed by atoms with E-state index >= 15 is 0 Å². The van der Waals surface area contributed by atoms with Gasteiger partial charge in [0, 0.05) is 38.0 Å². The molecule has 1 aromatic heterocycles. The zero-order valence-electron chi connectivity index (χ0n) is 14.8. The monoisotopic (exact) mass is 381 g/mol. The minimum Gasteiger partial charge on any atom is -0.345 e. The van der Waals surface area contributed by atoms with Crippen LogP contribution in [-0.2, 0) is 16.4 Å². The number of sulfonamides is 1. The number of thiazole rings is 1. The number of hydrogen-bond donors (Lipinski definition) is 1. The van der Waals surface area contributed by atoms with Gasteiger partial charge in [-0.15, -0.1) is 11.3 Å². The second kappa shape index (κ2) is 8.07. The molecule has 0 unspecified atom stereocenters. The summed E-state index contributed by atoms with van der Waals surface area (Å²) < 4.78 is 27.4. The summed E-state index contributed by atoms with van der Waals surface area (Å²) in [6.07, 6.45) is 0.535. The minimum absolute atomic E-state index is 0.0854. The Hall–Kier alpha value is -1.77. The largest absolute Gasteiger partial charge is 0.345 e. The van der Waals surface area contributed by atoms with Crippen LogP contribution in [-0.4, -0.2) is 44.8 Å². The quantitative estimate of drug-likeness (QED) is 0.799. The number of carbonyl (C=O) groups is 1. The van der Waals surface area contributed by atoms with Crippen molar-refractivity contribution in [1.29, 1.82) is 0 Å². The van der Waals surface area contributed by atoms with Gasteiger partial charge in [-0.2, -0.15) is 0 Å². The van der Waals surface area contributed by atoms with Crippen molar-refractivity contribution in [3.63, 3.8) is 0 Å². The maximum atomic E-state index is 12.4. The van der Waals surface area contributed by atoms with Crippen LogP contribution in [0.25, 0.3) is 0 Å². The number of rotatable bonds is 7. The molecule has 2 rings (SSSR count). The molecule has 1 aromatic carbocycles. The van der Waals surface area contributed by atoms with Crippen LogP contribution in [0, 0.1) is 0 Å². The van der Waals surface area contributed by atoms with E-state index in [-0.39, 0.29) is 17.3 Å². The van der Waals surface area contributed by atoms with E-state index in [0.29, 0.717) is 17.9 Å². The highest BCUT2D eigenvalue weighted by molar-refractivity contribution is 7.89. The second-order valence-electron chi connectivity index (χ2n) is 6.20. The highest BCUT2D eigenvalue weighted by atomic mass is 32.2. The predicted octanol–water partition coefficient (Wildman–Crippen LogP) is 2.49. The molecule has 25 heavy (non-hydrogen) atoms. The van der Waals surface area contributed by atoms with Crippen LogP contribution in [0.15, 0.2) is 34.5 Å². The maximum Gasteiger partial charge on any atom is 0.253 e. The SMILES string of the molecule is CC(C)c1csc(CCNS(=O)(=O)c2cccc(C(=O)N(C)C)c2)n1. The molecular formula is C17H23N3O3S2. The molecule has 0 radical (unpaired) electrons. The summed E-state index contributed by atoms with van der Waals surface area (Å²) in [5.41, 5.74) is 1.37. The zero-order chi connectivity index (χ0) is 18.6. The van der Waals surface area contributed by atoms with Crippen LogP contribution in [0.1, 0.15) is 40.8 Å². The lowest BCUT2D eigenvalue weighted by Crippen LogP contribution is -2.27. The van der Waals surface area contributed by atoms with Crippen molar-refractivity contribution in [3.05, 3.63) is 45.9 Å². The molecule has 0 atom stereocenters. The Morgan fingerprint density at radius 1 is 1.32 bits per heavy atom. The molecule has 0 bridgehead atoms. The van der Waals surface area contributed by atoms with Crippen molar-refractivity contribution in [3.8, 4) is 0 Å². The van der Waals surface area contributed by atoms with Crippen LogP contribution in [0.2, 0.25) is 0 Å². The Morgan fingerprint density at radius 2 is 2.04 bits per heavy atom. The lowest BCUT2D eigenvalue weighted by atomic mass is 10.2. The lowest BCUT2D eigenvalue weighted by Gasteiger charge is -2.11. The van der Waals surface area contributed by atoms with Crippen LogP contribution >= 0.6 is 11.3 Å². The molecule has 0 aliphatic carbocycles. The summed E-state index contributed by atoms with van der Waals surface area (Å²) in [4.78, 5) is 18.0. The van der Waals surface area contributed by atoms with Crippen LogP contribution in [0.3, 0.4) is 0 Å². The molecule has 1 N–H and O–H groups in total. The lowest BCUT2D eigenvalue weighted by molar-refractivity contribution is 0.0827. The smallest absolute Gasteiger partial charge is 0.253 e. The van der Waals surface area contributed by atoms with Gasteiger partial charge in [0.05, 0.1) is 15.6 Å². The fraction of sp³-hybridized carbons (Fsp3) is 0.412. The van der Waals surface area contributed by atoms with E-state index in [0.717, 1.165) is 10.7 Å². The molecule has 8 heteroatoms. The average molecular weight is 382 g/mol. The van der Waals surface area contributed by atoms with Crippen molar-refractivity contribution >= 4 is 27.3 Å². The Bertz CT molecular complexity index is 842. The molecule has 2 aromatic rings. The Balaban J connectivity index is 2.03. The van der Waals surface area contributed by atoms with Gasteiger partial charge in [-0.05, 0) is 24.1 Å². The molecule has 1 amide bonds. The summed E-state index contributed by atoms with van der Waals surface area (Å²) >= 11 is 1.54. The van der Waals surface area contributed by atoms with Gasteiger partial charge in [0.25, 0.3) is 5.91 Å². The van der Waals surface area contributed by atoms with Crippen LogP contribution in [0.5, 0.6) is 0 Å². The number of benzene rings is 1. The third-order valence-corrected chi connectivity index (χ3v) is 5.97. The van der Waals surface area contributed by atoms with Gasteiger partial charge in [-0.1, -0.05) is 19.9 Å². The van der Waals surface area contributed by atoms with Crippen LogP contribution in [0.4, 0.5) is 0 Å². The zero-order valence-corrected chi connectivity index (χ0v) is 16.4. The van der Waals surface area contributed by atoms with Crippen molar-refractivity contribution in [2.45, 2.75) is 31.1 Å². The maximum absolute atomic E-state index is 12.4. The summed E-state index contributed by atoms with van der Waals surface area (Å²) in [7, 11) is -0.413. The molecular weight excluding hydrogens is 358 g/mol. The number of carbonyl (C=O) groups excluding carboxylic acids is 1. The molecule has 0 saturated heterocycles. The van der Waals surface area contributed by atoms with E-state index in [2.05, 4.69) is 23.6 Å². The number of hydrogen-bond acceptors (Lipinski definition) is 5. The number of amides is 1. The third-order valence-electron chi connectivity index (χ3n) is 3.59. The Morgan fingerprint density at radius 3 is 2.64 bits per heavy atom. The van der Waals surface area contributed by atoms with Gasteiger partial charge >= 0.3 is 0 Å². The summed E-state index contributed by atoms with van der Waals surface area (Å²) in [6.45, 7) is 4.41. The van der Waals surface area contributed by atoms with E-state index in [9.17, 15) is 13.2 Å².